The lowest BCUT2D eigenvalue weighted by Gasteiger charge is -2.38. The first-order chi connectivity index (χ1) is 11.4. The molecule has 24 heavy (non-hydrogen) atoms. The van der Waals surface area contributed by atoms with Crippen molar-refractivity contribution in [3.63, 3.8) is 0 Å². The summed E-state index contributed by atoms with van der Waals surface area (Å²) >= 11 is 0. The maximum Gasteiger partial charge on any atom is 0.269 e. The van der Waals surface area contributed by atoms with E-state index in [4.69, 9.17) is 9.57 Å². The van der Waals surface area contributed by atoms with Crippen molar-refractivity contribution >= 4 is 11.6 Å². The van der Waals surface area contributed by atoms with Crippen LogP contribution < -0.4 is 4.74 Å². The summed E-state index contributed by atoms with van der Waals surface area (Å²) in [6.45, 7) is 7.86. The second-order valence-electron chi connectivity index (χ2n) is 7.42. The Bertz CT molecular complexity index is 631. The molecule has 0 bridgehead atoms. The van der Waals surface area contributed by atoms with Crippen LogP contribution in [0.1, 0.15) is 39.2 Å². The molecule has 0 radical (unpaired) electrons. The molecule has 130 valence electrons. The summed E-state index contributed by atoms with van der Waals surface area (Å²) in [5, 5.41) is 4.20. The summed E-state index contributed by atoms with van der Waals surface area (Å²) in [4.78, 5) is 20.6. The Morgan fingerprint density at radius 3 is 2.46 bits per heavy atom. The molecule has 1 aromatic carbocycles. The lowest BCUT2D eigenvalue weighted by Crippen LogP contribution is -2.52. The topological polar surface area (TPSA) is 51.1 Å². The van der Waals surface area contributed by atoms with Gasteiger partial charge in [0.05, 0.1) is 12.8 Å². The van der Waals surface area contributed by atoms with Gasteiger partial charge < -0.3 is 14.5 Å². The van der Waals surface area contributed by atoms with E-state index >= 15 is 0 Å². The number of methoxy groups -OCH3 is 1. The van der Waals surface area contributed by atoms with E-state index in [1.165, 1.54) is 6.42 Å². The Morgan fingerprint density at radius 2 is 1.88 bits per heavy atom. The Labute approximate surface area is 143 Å². The van der Waals surface area contributed by atoms with Crippen molar-refractivity contribution in [3.8, 4) is 5.75 Å². The molecule has 0 aromatic heterocycles. The predicted molar refractivity (Wildman–Crippen MR) is 93.2 cm³/mol. The van der Waals surface area contributed by atoms with E-state index in [0.717, 1.165) is 30.1 Å². The number of likely N-dealkylation sites (tertiary alicyclic amines) is 1. The van der Waals surface area contributed by atoms with Gasteiger partial charge in [0.15, 0.2) is 0 Å². The molecule has 5 nitrogen and oxygen atoms in total. The first kappa shape index (κ1) is 16.8. The highest BCUT2D eigenvalue weighted by Crippen LogP contribution is 2.31. The second kappa shape index (κ2) is 6.46. The van der Waals surface area contributed by atoms with Crippen LogP contribution in [-0.2, 0) is 9.63 Å². The minimum Gasteiger partial charge on any atom is -0.497 e. The molecule has 3 rings (SSSR count). The first-order valence-electron chi connectivity index (χ1n) is 8.60. The summed E-state index contributed by atoms with van der Waals surface area (Å²) in [7, 11) is 1.64. The van der Waals surface area contributed by atoms with Gasteiger partial charge in [-0.15, -0.1) is 0 Å². The fourth-order valence-corrected chi connectivity index (χ4v) is 3.76. The molecular weight excluding hydrogens is 304 g/mol. The highest BCUT2D eigenvalue weighted by molar-refractivity contribution is 6.05. The molecule has 0 unspecified atom stereocenters. The molecular formula is C19H26N2O3. The molecule has 1 amide bonds. The van der Waals surface area contributed by atoms with Crippen LogP contribution in [0.25, 0.3) is 0 Å². The van der Waals surface area contributed by atoms with Gasteiger partial charge in [-0.25, -0.2) is 0 Å². The Kier molecular flexibility index (Phi) is 4.52. The largest absolute Gasteiger partial charge is 0.497 e. The SMILES string of the molecule is COc1ccc(C2=NO[C@@](C)(C(=O)N3C[C@H](C)C[C@H](C)C3)C2)cc1. The van der Waals surface area contributed by atoms with Crippen molar-refractivity contribution in [2.24, 2.45) is 17.0 Å². The molecule has 0 aliphatic carbocycles. The van der Waals surface area contributed by atoms with Gasteiger partial charge in [-0.1, -0.05) is 19.0 Å². The van der Waals surface area contributed by atoms with Crippen molar-refractivity contribution in [3.05, 3.63) is 29.8 Å². The fourth-order valence-electron chi connectivity index (χ4n) is 3.76. The summed E-state index contributed by atoms with van der Waals surface area (Å²) in [5.74, 6) is 1.91. The number of piperidine rings is 1. The average molecular weight is 330 g/mol. The number of hydrogen-bond donors (Lipinski definition) is 0. The summed E-state index contributed by atoms with van der Waals surface area (Å²) < 4.78 is 5.18. The average Bonchev–Trinajstić information content (AvgIpc) is 2.97. The van der Waals surface area contributed by atoms with E-state index in [-0.39, 0.29) is 5.91 Å². The van der Waals surface area contributed by atoms with E-state index in [0.29, 0.717) is 18.3 Å². The normalized spacial score (nSPS) is 29.8. The van der Waals surface area contributed by atoms with Gasteiger partial charge in [-0.3, -0.25) is 4.79 Å². The number of ether oxygens (including phenoxy) is 1. The van der Waals surface area contributed by atoms with E-state index in [9.17, 15) is 4.79 Å². The number of amides is 1. The number of hydrogen-bond acceptors (Lipinski definition) is 4. The van der Waals surface area contributed by atoms with Gasteiger partial charge in [0.2, 0.25) is 5.60 Å². The summed E-state index contributed by atoms with van der Waals surface area (Å²) in [6.07, 6.45) is 1.67. The van der Waals surface area contributed by atoms with Crippen LogP contribution in [0.5, 0.6) is 5.75 Å². The quantitative estimate of drug-likeness (QED) is 0.856. The van der Waals surface area contributed by atoms with Crippen LogP contribution in [0.3, 0.4) is 0 Å². The molecule has 0 spiro atoms. The maximum absolute atomic E-state index is 13.0. The van der Waals surface area contributed by atoms with Gasteiger partial charge in [-0.2, -0.15) is 0 Å². The van der Waals surface area contributed by atoms with Crippen LogP contribution in [0.2, 0.25) is 0 Å². The number of carbonyl (C=O) groups excluding carboxylic acids is 1. The smallest absolute Gasteiger partial charge is 0.269 e. The molecule has 1 fully saturated rings. The molecule has 1 aromatic rings. The minimum absolute atomic E-state index is 0.0492. The third kappa shape index (κ3) is 3.25. The Balaban J connectivity index is 1.70. The van der Waals surface area contributed by atoms with Gasteiger partial charge in [0.25, 0.3) is 5.91 Å². The van der Waals surface area contributed by atoms with Gasteiger partial charge in [0.1, 0.15) is 5.75 Å². The van der Waals surface area contributed by atoms with Crippen LogP contribution in [0.15, 0.2) is 29.4 Å². The second-order valence-corrected chi connectivity index (χ2v) is 7.42. The number of carbonyl (C=O) groups is 1. The standard InChI is InChI=1S/C19H26N2O3/c1-13-9-14(2)12-21(11-13)18(22)19(3)10-17(20-24-19)15-5-7-16(23-4)8-6-15/h5-8,13-14H,9-12H2,1-4H3/t13-,14+,19-/m1/s1. The van der Waals surface area contributed by atoms with Crippen molar-refractivity contribution in [2.45, 2.75) is 39.2 Å². The van der Waals surface area contributed by atoms with Crippen LogP contribution in [-0.4, -0.2) is 42.3 Å². The molecule has 3 atom stereocenters. The van der Waals surface area contributed by atoms with Gasteiger partial charge in [0, 0.05) is 19.5 Å². The Morgan fingerprint density at radius 1 is 1.25 bits per heavy atom. The zero-order valence-electron chi connectivity index (χ0n) is 14.9. The van der Waals surface area contributed by atoms with E-state index in [1.807, 2.05) is 36.1 Å². The molecule has 2 aliphatic heterocycles. The minimum atomic E-state index is -0.897. The predicted octanol–water partition coefficient (Wildman–Crippen LogP) is 3.08. The van der Waals surface area contributed by atoms with Crippen LogP contribution in [0.4, 0.5) is 0 Å². The number of nitrogens with zero attached hydrogens (tertiary/aromatic N) is 2. The molecule has 0 saturated carbocycles. The summed E-state index contributed by atoms with van der Waals surface area (Å²) in [6, 6.07) is 7.68. The lowest BCUT2D eigenvalue weighted by atomic mass is 9.89. The molecule has 2 heterocycles. The number of benzene rings is 1. The van der Waals surface area contributed by atoms with E-state index < -0.39 is 5.60 Å². The number of oxime groups is 1. The van der Waals surface area contributed by atoms with Crippen molar-refractivity contribution in [1.29, 1.82) is 0 Å². The van der Waals surface area contributed by atoms with Crippen molar-refractivity contribution in [2.75, 3.05) is 20.2 Å². The van der Waals surface area contributed by atoms with Gasteiger partial charge in [-0.05, 0) is 55.0 Å². The molecule has 2 aliphatic rings. The van der Waals surface area contributed by atoms with Crippen LogP contribution >= 0.6 is 0 Å². The number of rotatable bonds is 3. The third-order valence-electron chi connectivity index (χ3n) is 4.89. The highest BCUT2D eigenvalue weighted by atomic mass is 16.7. The molecule has 5 heteroatoms. The Hall–Kier alpha value is -2.04. The molecule has 1 saturated heterocycles. The van der Waals surface area contributed by atoms with E-state index in [2.05, 4.69) is 19.0 Å². The third-order valence-corrected chi connectivity index (χ3v) is 4.89. The van der Waals surface area contributed by atoms with Crippen molar-refractivity contribution in [1.82, 2.24) is 4.90 Å². The monoisotopic (exact) mass is 330 g/mol. The van der Waals surface area contributed by atoms with Crippen LogP contribution in [0, 0.1) is 11.8 Å². The first-order valence-corrected chi connectivity index (χ1v) is 8.60. The summed E-state index contributed by atoms with van der Waals surface area (Å²) in [5.41, 5.74) is 0.880. The highest BCUT2D eigenvalue weighted by Gasteiger charge is 2.45. The van der Waals surface area contributed by atoms with E-state index in [1.54, 1.807) is 7.11 Å². The van der Waals surface area contributed by atoms with Crippen molar-refractivity contribution < 1.29 is 14.4 Å². The van der Waals surface area contributed by atoms with Gasteiger partial charge >= 0.3 is 0 Å². The molecule has 0 N–H and O–H groups in total. The maximum atomic E-state index is 13.0. The fraction of sp³-hybridized carbons (Fsp3) is 0.579. The zero-order chi connectivity index (χ0) is 17.3. The zero-order valence-corrected chi connectivity index (χ0v) is 14.9. The lowest BCUT2D eigenvalue weighted by molar-refractivity contribution is -0.156.